The van der Waals surface area contributed by atoms with E-state index in [2.05, 4.69) is 18.3 Å². The average Bonchev–Trinajstić information content (AvgIpc) is 2.90. The number of halogens is 1. The Labute approximate surface area is 155 Å². The van der Waals surface area contributed by atoms with Crippen molar-refractivity contribution in [2.75, 3.05) is 5.32 Å². The van der Waals surface area contributed by atoms with Crippen LogP contribution in [-0.2, 0) is 22.4 Å². The van der Waals surface area contributed by atoms with Gasteiger partial charge in [-0.25, -0.2) is 0 Å². The van der Waals surface area contributed by atoms with Crippen LogP contribution in [0.5, 0.6) is 0 Å². The maximum absolute atomic E-state index is 12.7. The summed E-state index contributed by atoms with van der Waals surface area (Å²) in [7, 11) is 0. The topological polar surface area (TPSA) is 93.0 Å². The molecule has 3 rings (SSSR count). The van der Waals surface area contributed by atoms with Crippen LogP contribution in [0, 0.1) is 29.1 Å². The van der Waals surface area contributed by atoms with Crippen molar-refractivity contribution in [2.45, 2.75) is 39.0 Å². The van der Waals surface area contributed by atoms with Crippen LogP contribution in [0.25, 0.3) is 0 Å². The summed E-state index contributed by atoms with van der Waals surface area (Å²) in [6, 6.07) is 2.20. The molecule has 0 aromatic carbocycles. The van der Waals surface area contributed by atoms with Crippen LogP contribution in [-0.4, -0.2) is 11.9 Å². The summed E-state index contributed by atoms with van der Waals surface area (Å²) in [6.45, 7) is 2.15. The molecule has 0 saturated carbocycles. The van der Waals surface area contributed by atoms with Crippen molar-refractivity contribution in [3.8, 4) is 6.07 Å². The lowest BCUT2D eigenvalue weighted by molar-refractivity contribution is -0.313. The summed E-state index contributed by atoms with van der Waals surface area (Å²) < 4.78 is 0. The number of carboxylic acids is 1. The Morgan fingerprint density at radius 1 is 1.40 bits per heavy atom. The van der Waals surface area contributed by atoms with Crippen LogP contribution >= 0.6 is 22.9 Å². The largest absolute Gasteiger partial charge is 0.550 e. The maximum Gasteiger partial charge on any atom is 0.229 e. The predicted octanol–water partition coefficient (Wildman–Crippen LogP) is 2.58. The highest BCUT2D eigenvalue weighted by molar-refractivity contribution is 7.16. The van der Waals surface area contributed by atoms with Crippen molar-refractivity contribution in [1.29, 1.82) is 5.26 Å². The lowest BCUT2D eigenvalue weighted by Crippen LogP contribution is -2.42. The molecule has 0 bridgehead atoms. The van der Waals surface area contributed by atoms with E-state index in [1.54, 1.807) is 6.08 Å². The third-order valence-corrected chi connectivity index (χ3v) is 6.51. The molecule has 1 aromatic rings. The molecule has 0 radical (unpaired) electrons. The van der Waals surface area contributed by atoms with Crippen molar-refractivity contribution >= 4 is 39.8 Å². The Balaban J connectivity index is 1.85. The van der Waals surface area contributed by atoms with Gasteiger partial charge in [0.1, 0.15) is 11.1 Å². The first kappa shape index (κ1) is 18.0. The molecule has 1 heterocycles. The van der Waals surface area contributed by atoms with Gasteiger partial charge in [-0.3, -0.25) is 4.79 Å². The third kappa shape index (κ3) is 3.58. The second kappa shape index (κ2) is 7.19. The van der Waals surface area contributed by atoms with Crippen LogP contribution < -0.4 is 10.4 Å². The number of nitrogens with zero attached hydrogens (tertiary/aromatic N) is 1. The average molecular weight is 378 g/mol. The second-order valence-electron chi connectivity index (χ2n) is 6.78. The zero-order valence-corrected chi connectivity index (χ0v) is 15.4. The number of amides is 1. The fraction of sp³-hybridized carbons (Fsp3) is 0.500. The number of anilines is 1. The summed E-state index contributed by atoms with van der Waals surface area (Å²) in [5, 5.41) is 24.7. The van der Waals surface area contributed by atoms with Crippen molar-refractivity contribution in [3.63, 3.8) is 0 Å². The zero-order chi connectivity index (χ0) is 18.1. The van der Waals surface area contributed by atoms with Gasteiger partial charge >= 0.3 is 0 Å². The van der Waals surface area contributed by atoms with Crippen molar-refractivity contribution < 1.29 is 14.7 Å². The van der Waals surface area contributed by atoms with Crippen molar-refractivity contribution in [3.05, 3.63) is 27.1 Å². The molecule has 0 fully saturated rings. The molecule has 2 aliphatic carbocycles. The lowest BCUT2D eigenvalue weighted by Gasteiger charge is -2.29. The zero-order valence-electron chi connectivity index (χ0n) is 13.8. The molecule has 3 atom stereocenters. The third-order valence-electron chi connectivity index (χ3n) is 4.99. The van der Waals surface area contributed by atoms with Gasteiger partial charge in [0.15, 0.2) is 0 Å². The molecular weight excluding hydrogens is 360 g/mol. The summed E-state index contributed by atoms with van der Waals surface area (Å²) in [5.74, 6) is -2.83. The summed E-state index contributed by atoms with van der Waals surface area (Å²) in [5.41, 5.74) is 1.54. The van der Waals surface area contributed by atoms with Crippen LogP contribution in [0.1, 0.15) is 42.2 Å². The Morgan fingerprint density at radius 3 is 2.84 bits per heavy atom. The number of nitrogens with one attached hydrogen (secondary N) is 1. The molecule has 0 unspecified atom stereocenters. The smallest absolute Gasteiger partial charge is 0.229 e. The highest BCUT2D eigenvalue weighted by Gasteiger charge is 2.33. The van der Waals surface area contributed by atoms with E-state index in [1.165, 1.54) is 11.3 Å². The van der Waals surface area contributed by atoms with E-state index in [4.69, 9.17) is 11.6 Å². The molecule has 25 heavy (non-hydrogen) atoms. The van der Waals surface area contributed by atoms with Gasteiger partial charge < -0.3 is 15.2 Å². The van der Waals surface area contributed by atoms with Gasteiger partial charge in [0.05, 0.1) is 11.5 Å². The number of carbonyl (C=O) groups excluding carboxylic acids is 2. The Hall–Kier alpha value is -1.84. The van der Waals surface area contributed by atoms with Crippen LogP contribution in [0.15, 0.2) is 11.1 Å². The quantitative estimate of drug-likeness (QED) is 0.876. The fourth-order valence-corrected chi connectivity index (χ4v) is 5.01. The normalized spacial score (nSPS) is 25.5. The Bertz CT molecular complexity index is 793. The van der Waals surface area contributed by atoms with E-state index in [-0.39, 0.29) is 12.8 Å². The van der Waals surface area contributed by atoms with Crippen molar-refractivity contribution in [2.24, 2.45) is 17.8 Å². The van der Waals surface area contributed by atoms with Crippen LogP contribution in [0.2, 0.25) is 0 Å². The predicted molar refractivity (Wildman–Crippen MR) is 94.0 cm³/mol. The molecule has 2 aliphatic rings. The molecule has 7 heteroatoms. The molecule has 1 N–H and O–H groups in total. The first-order valence-corrected chi connectivity index (χ1v) is 9.51. The van der Waals surface area contributed by atoms with E-state index in [9.17, 15) is 20.0 Å². The van der Waals surface area contributed by atoms with E-state index in [0.29, 0.717) is 21.5 Å². The number of aryl methyl sites for hydroxylation is 1. The number of fused-ring (bicyclic) bond motifs is 1. The van der Waals surface area contributed by atoms with Gasteiger partial charge in [0, 0.05) is 21.8 Å². The van der Waals surface area contributed by atoms with Crippen molar-refractivity contribution in [1.82, 2.24) is 0 Å². The highest BCUT2D eigenvalue weighted by atomic mass is 35.5. The second-order valence-corrected chi connectivity index (χ2v) is 8.37. The Kier molecular flexibility index (Phi) is 5.16. The SMILES string of the molecule is C[C@@H]1CCc2sc(NC(=O)[C@@H]3CC(Cl)=CC[C@@H]3C(=O)[O-])c(C#N)c2C1. The number of nitriles is 1. The minimum Gasteiger partial charge on any atom is -0.550 e. The number of rotatable bonds is 3. The first-order chi connectivity index (χ1) is 11.9. The first-order valence-electron chi connectivity index (χ1n) is 8.31. The molecular formula is C18H18ClN2O3S-. The highest BCUT2D eigenvalue weighted by Crippen LogP contribution is 2.40. The number of carboxylic acid groups (broad SMARTS) is 1. The molecule has 5 nitrogen and oxygen atoms in total. The molecule has 0 spiro atoms. The summed E-state index contributed by atoms with van der Waals surface area (Å²) in [6.07, 6.45) is 4.80. The van der Waals surface area contributed by atoms with Gasteiger partial charge in [0.25, 0.3) is 0 Å². The number of aliphatic carboxylic acids is 1. The van der Waals surface area contributed by atoms with E-state index < -0.39 is 23.7 Å². The molecule has 1 amide bonds. The Morgan fingerprint density at radius 2 is 2.16 bits per heavy atom. The molecule has 0 aliphatic heterocycles. The number of hydrogen-bond acceptors (Lipinski definition) is 5. The number of allylic oxidation sites excluding steroid dienone is 2. The van der Waals surface area contributed by atoms with Gasteiger partial charge in [-0.2, -0.15) is 5.26 Å². The van der Waals surface area contributed by atoms with Gasteiger partial charge in [0.2, 0.25) is 5.91 Å². The summed E-state index contributed by atoms with van der Waals surface area (Å²) >= 11 is 7.43. The maximum atomic E-state index is 12.7. The molecule has 0 saturated heterocycles. The van der Waals surface area contributed by atoms with E-state index in [1.807, 2.05) is 0 Å². The minimum atomic E-state index is -1.25. The number of thiophene rings is 1. The monoisotopic (exact) mass is 377 g/mol. The van der Waals surface area contributed by atoms with E-state index in [0.717, 1.165) is 29.7 Å². The standard InChI is InChI=1S/C18H19ClN2O3S/c1-9-2-5-15-12(6-9)14(8-20)17(25-15)21-16(22)13-7-10(19)3-4-11(13)18(23)24/h3,9,11,13H,2,4-7H2,1H3,(H,21,22)(H,23,24)/p-1/t9-,11+,13-/m1/s1. The van der Waals surface area contributed by atoms with Crippen LogP contribution in [0.4, 0.5) is 5.00 Å². The van der Waals surface area contributed by atoms with Gasteiger partial charge in [-0.05, 0) is 43.6 Å². The molecule has 132 valence electrons. The van der Waals surface area contributed by atoms with Gasteiger partial charge in [-0.1, -0.05) is 24.6 Å². The van der Waals surface area contributed by atoms with Gasteiger partial charge in [-0.15, -0.1) is 11.3 Å². The number of hydrogen-bond donors (Lipinski definition) is 1. The number of carbonyl (C=O) groups is 2. The van der Waals surface area contributed by atoms with Crippen LogP contribution in [0.3, 0.4) is 0 Å². The van der Waals surface area contributed by atoms with E-state index >= 15 is 0 Å². The fourth-order valence-electron chi connectivity index (χ4n) is 3.56. The lowest BCUT2D eigenvalue weighted by atomic mass is 9.82. The minimum absolute atomic E-state index is 0.177. The summed E-state index contributed by atoms with van der Waals surface area (Å²) in [4.78, 5) is 25.2. The molecule has 1 aromatic heterocycles.